The van der Waals surface area contributed by atoms with E-state index in [4.69, 9.17) is 9.47 Å². The Labute approximate surface area is 129 Å². The normalized spacial score (nSPS) is 10.2. The van der Waals surface area contributed by atoms with Crippen LogP contribution >= 0.6 is 0 Å². The van der Waals surface area contributed by atoms with E-state index in [0.717, 1.165) is 0 Å². The van der Waals surface area contributed by atoms with Crippen LogP contribution in [0.5, 0.6) is 5.75 Å². The largest absolute Gasteiger partial charge is 0.497 e. The molecule has 2 amide bonds. The molecular formula is C16H21NO5. The second kappa shape index (κ2) is 8.81. The fourth-order valence-corrected chi connectivity index (χ4v) is 1.60. The Morgan fingerprint density at radius 1 is 1.14 bits per heavy atom. The number of amides is 2. The molecule has 1 aromatic carbocycles. The molecule has 0 unspecified atom stereocenters. The first kappa shape index (κ1) is 17.7. The second-order valence-electron chi connectivity index (χ2n) is 5.20. The standard InChI is InChI=1S/C16H21NO5/c1-11(2)4-9-15(19)22-10-14(18)17-16(20)12-5-7-13(21-3)8-6-12/h5-8,11H,4,9-10H2,1-3H3,(H,17,18,20). The third-order valence-corrected chi connectivity index (χ3v) is 2.90. The highest BCUT2D eigenvalue weighted by atomic mass is 16.5. The van der Waals surface area contributed by atoms with Crippen LogP contribution in [-0.4, -0.2) is 31.5 Å². The molecule has 0 aliphatic rings. The summed E-state index contributed by atoms with van der Waals surface area (Å²) in [6.45, 7) is 3.53. The quantitative estimate of drug-likeness (QED) is 0.778. The van der Waals surface area contributed by atoms with Gasteiger partial charge in [-0.15, -0.1) is 0 Å². The lowest BCUT2D eigenvalue weighted by atomic mass is 10.1. The summed E-state index contributed by atoms with van der Waals surface area (Å²) in [6.07, 6.45) is 0.961. The lowest BCUT2D eigenvalue weighted by Crippen LogP contribution is -2.34. The molecule has 22 heavy (non-hydrogen) atoms. The van der Waals surface area contributed by atoms with Gasteiger partial charge in [0.05, 0.1) is 7.11 Å². The van der Waals surface area contributed by atoms with Crippen LogP contribution in [0.2, 0.25) is 0 Å². The first-order chi connectivity index (χ1) is 10.4. The number of imide groups is 1. The Morgan fingerprint density at radius 2 is 1.77 bits per heavy atom. The van der Waals surface area contributed by atoms with Crippen molar-refractivity contribution in [2.75, 3.05) is 13.7 Å². The first-order valence-corrected chi connectivity index (χ1v) is 7.06. The van der Waals surface area contributed by atoms with Crippen LogP contribution < -0.4 is 10.1 Å². The monoisotopic (exact) mass is 307 g/mol. The molecular weight excluding hydrogens is 286 g/mol. The summed E-state index contributed by atoms with van der Waals surface area (Å²) < 4.78 is 9.78. The van der Waals surface area contributed by atoms with Gasteiger partial charge in [-0.2, -0.15) is 0 Å². The Balaban J connectivity index is 2.37. The molecule has 0 heterocycles. The van der Waals surface area contributed by atoms with Crippen molar-refractivity contribution in [2.24, 2.45) is 5.92 Å². The van der Waals surface area contributed by atoms with E-state index in [2.05, 4.69) is 5.32 Å². The zero-order chi connectivity index (χ0) is 16.5. The lowest BCUT2D eigenvalue weighted by molar-refractivity contribution is -0.148. The topological polar surface area (TPSA) is 81.7 Å². The average molecular weight is 307 g/mol. The Bertz CT molecular complexity index is 522. The van der Waals surface area contributed by atoms with Gasteiger partial charge in [0.25, 0.3) is 11.8 Å². The van der Waals surface area contributed by atoms with E-state index in [9.17, 15) is 14.4 Å². The maximum absolute atomic E-state index is 11.8. The van der Waals surface area contributed by atoms with Crippen LogP contribution in [0.15, 0.2) is 24.3 Å². The third kappa shape index (κ3) is 6.39. The smallest absolute Gasteiger partial charge is 0.306 e. The minimum atomic E-state index is -0.654. The maximum atomic E-state index is 11.8. The molecule has 0 aliphatic heterocycles. The number of methoxy groups -OCH3 is 1. The van der Waals surface area contributed by atoms with Gasteiger partial charge in [0, 0.05) is 12.0 Å². The van der Waals surface area contributed by atoms with Gasteiger partial charge in [0.1, 0.15) is 5.75 Å². The molecule has 1 aromatic rings. The van der Waals surface area contributed by atoms with Crippen molar-refractivity contribution in [2.45, 2.75) is 26.7 Å². The minimum Gasteiger partial charge on any atom is -0.497 e. The van der Waals surface area contributed by atoms with E-state index in [1.54, 1.807) is 12.1 Å². The van der Waals surface area contributed by atoms with Crippen LogP contribution in [0, 0.1) is 5.92 Å². The maximum Gasteiger partial charge on any atom is 0.306 e. The lowest BCUT2D eigenvalue weighted by Gasteiger charge is -2.07. The van der Waals surface area contributed by atoms with Crippen LogP contribution in [0.3, 0.4) is 0 Å². The van der Waals surface area contributed by atoms with Crippen molar-refractivity contribution in [3.63, 3.8) is 0 Å². The van der Waals surface area contributed by atoms with E-state index in [1.807, 2.05) is 13.8 Å². The van der Waals surface area contributed by atoms with Gasteiger partial charge < -0.3 is 9.47 Å². The molecule has 0 radical (unpaired) electrons. The molecule has 0 fully saturated rings. The second-order valence-corrected chi connectivity index (χ2v) is 5.20. The number of hydrogen-bond acceptors (Lipinski definition) is 5. The van der Waals surface area contributed by atoms with Crippen LogP contribution in [-0.2, 0) is 14.3 Å². The summed E-state index contributed by atoms with van der Waals surface area (Å²) in [5.74, 6) is -0.648. The summed E-state index contributed by atoms with van der Waals surface area (Å²) >= 11 is 0. The minimum absolute atomic E-state index is 0.261. The molecule has 6 heteroatoms. The molecule has 6 nitrogen and oxygen atoms in total. The summed E-state index contributed by atoms with van der Waals surface area (Å²) in [7, 11) is 1.52. The highest BCUT2D eigenvalue weighted by Crippen LogP contribution is 2.11. The SMILES string of the molecule is COc1ccc(C(=O)NC(=O)COC(=O)CCC(C)C)cc1. The molecule has 0 bridgehead atoms. The molecule has 0 saturated heterocycles. The zero-order valence-corrected chi connectivity index (χ0v) is 13.0. The molecule has 0 aliphatic carbocycles. The highest BCUT2D eigenvalue weighted by molar-refractivity contribution is 6.05. The Morgan fingerprint density at radius 3 is 2.32 bits per heavy atom. The molecule has 1 N–H and O–H groups in total. The fraction of sp³-hybridized carbons (Fsp3) is 0.438. The first-order valence-electron chi connectivity index (χ1n) is 7.06. The summed E-state index contributed by atoms with van der Waals surface area (Å²) in [4.78, 5) is 34.7. The van der Waals surface area contributed by atoms with Gasteiger partial charge in [-0.1, -0.05) is 13.8 Å². The Kier molecular flexibility index (Phi) is 7.08. The molecule has 120 valence electrons. The summed E-state index contributed by atoms with van der Waals surface area (Å²) in [6, 6.07) is 6.31. The van der Waals surface area contributed by atoms with E-state index in [0.29, 0.717) is 23.7 Å². The van der Waals surface area contributed by atoms with Gasteiger partial charge in [0.15, 0.2) is 6.61 Å². The van der Waals surface area contributed by atoms with E-state index in [1.165, 1.54) is 19.2 Å². The number of carbonyl (C=O) groups excluding carboxylic acids is 3. The number of nitrogens with one attached hydrogen (secondary N) is 1. The number of benzene rings is 1. The average Bonchev–Trinajstić information content (AvgIpc) is 2.50. The number of esters is 1. The molecule has 0 atom stereocenters. The van der Waals surface area contributed by atoms with Crippen molar-refractivity contribution in [1.29, 1.82) is 0 Å². The predicted molar refractivity (Wildman–Crippen MR) is 80.5 cm³/mol. The van der Waals surface area contributed by atoms with Gasteiger partial charge in [0.2, 0.25) is 0 Å². The molecule has 0 aromatic heterocycles. The van der Waals surface area contributed by atoms with E-state index < -0.39 is 24.4 Å². The van der Waals surface area contributed by atoms with Gasteiger partial charge in [-0.25, -0.2) is 0 Å². The highest BCUT2D eigenvalue weighted by Gasteiger charge is 2.13. The van der Waals surface area contributed by atoms with Gasteiger partial charge in [-0.3, -0.25) is 19.7 Å². The zero-order valence-electron chi connectivity index (χ0n) is 13.0. The van der Waals surface area contributed by atoms with Crippen molar-refractivity contribution >= 4 is 17.8 Å². The van der Waals surface area contributed by atoms with Crippen molar-refractivity contribution in [1.82, 2.24) is 5.32 Å². The van der Waals surface area contributed by atoms with Crippen molar-refractivity contribution in [3.05, 3.63) is 29.8 Å². The van der Waals surface area contributed by atoms with Crippen LogP contribution in [0.25, 0.3) is 0 Å². The van der Waals surface area contributed by atoms with E-state index >= 15 is 0 Å². The Hall–Kier alpha value is -2.37. The number of hydrogen-bond donors (Lipinski definition) is 1. The van der Waals surface area contributed by atoms with Crippen LogP contribution in [0.4, 0.5) is 0 Å². The molecule has 0 spiro atoms. The van der Waals surface area contributed by atoms with Crippen molar-refractivity contribution < 1.29 is 23.9 Å². The fourth-order valence-electron chi connectivity index (χ4n) is 1.60. The number of carbonyl (C=O) groups is 3. The number of ether oxygens (including phenoxy) is 2. The number of rotatable bonds is 7. The van der Waals surface area contributed by atoms with E-state index in [-0.39, 0.29) is 6.42 Å². The molecule has 1 rings (SSSR count). The summed E-state index contributed by atoms with van der Waals surface area (Å²) in [5, 5.41) is 2.16. The van der Waals surface area contributed by atoms with Gasteiger partial charge in [-0.05, 0) is 36.6 Å². The summed E-state index contributed by atoms with van der Waals surface area (Å²) in [5.41, 5.74) is 0.320. The van der Waals surface area contributed by atoms with Crippen molar-refractivity contribution in [3.8, 4) is 5.75 Å². The third-order valence-electron chi connectivity index (χ3n) is 2.90. The predicted octanol–water partition coefficient (Wildman–Crippen LogP) is 1.93. The van der Waals surface area contributed by atoms with Gasteiger partial charge >= 0.3 is 5.97 Å². The van der Waals surface area contributed by atoms with Crippen LogP contribution in [0.1, 0.15) is 37.0 Å². The molecule has 0 saturated carbocycles.